The number of nitrogens with zero attached hydrogens (tertiary/aromatic N) is 1. The minimum atomic E-state index is -0.280. The van der Waals surface area contributed by atoms with Gasteiger partial charge in [0.05, 0.1) is 22.9 Å². The molecule has 1 aromatic carbocycles. The monoisotopic (exact) mass is 354 g/mol. The standard InChI is InChI=1S/C18H18N4O4/c23-16(19-13-1-2-14-15(9-13)21-18(25)20-14)11-3-6-22(7-4-11)17(24)12-5-8-26-10-12/h1-2,5,8-11H,3-4,6-7H2,(H,19,23)(H2,20,21,25). The van der Waals surface area contributed by atoms with Crippen molar-refractivity contribution in [1.82, 2.24) is 14.9 Å². The summed E-state index contributed by atoms with van der Waals surface area (Å²) in [7, 11) is 0. The van der Waals surface area contributed by atoms with Crippen molar-refractivity contribution in [2.75, 3.05) is 18.4 Å². The minimum Gasteiger partial charge on any atom is -0.472 e. The number of aromatic nitrogens is 2. The normalized spacial score (nSPS) is 15.3. The number of rotatable bonds is 3. The summed E-state index contributed by atoms with van der Waals surface area (Å²) in [4.78, 5) is 43.2. The SMILES string of the molecule is O=C(Nc1ccc2[nH]c(=O)[nH]c2c1)C1CCN(C(=O)c2ccoc2)CC1. The molecule has 3 heterocycles. The fourth-order valence-corrected chi connectivity index (χ4v) is 3.27. The van der Waals surface area contributed by atoms with E-state index >= 15 is 0 Å². The van der Waals surface area contributed by atoms with Gasteiger partial charge in [0.1, 0.15) is 6.26 Å². The van der Waals surface area contributed by atoms with Gasteiger partial charge in [-0.1, -0.05) is 0 Å². The topological polar surface area (TPSA) is 111 Å². The second-order valence-electron chi connectivity index (χ2n) is 6.41. The first-order valence-electron chi connectivity index (χ1n) is 8.44. The summed E-state index contributed by atoms with van der Waals surface area (Å²) < 4.78 is 4.95. The van der Waals surface area contributed by atoms with E-state index in [2.05, 4.69) is 15.3 Å². The number of anilines is 1. The van der Waals surface area contributed by atoms with E-state index in [4.69, 9.17) is 4.42 Å². The van der Waals surface area contributed by atoms with Crippen LogP contribution in [0.1, 0.15) is 23.2 Å². The number of hydrogen-bond donors (Lipinski definition) is 3. The number of nitrogens with one attached hydrogen (secondary N) is 3. The zero-order valence-electron chi connectivity index (χ0n) is 14.0. The average Bonchev–Trinajstić information content (AvgIpc) is 3.29. The molecule has 1 saturated heterocycles. The Hall–Kier alpha value is -3.29. The average molecular weight is 354 g/mol. The van der Waals surface area contributed by atoms with Gasteiger partial charge >= 0.3 is 5.69 Å². The van der Waals surface area contributed by atoms with Gasteiger partial charge in [-0.15, -0.1) is 0 Å². The van der Waals surface area contributed by atoms with Crippen LogP contribution in [0.15, 0.2) is 46.0 Å². The van der Waals surface area contributed by atoms with Crippen LogP contribution in [-0.4, -0.2) is 39.8 Å². The van der Waals surface area contributed by atoms with Crippen molar-refractivity contribution in [3.8, 4) is 0 Å². The van der Waals surface area contributed by atoms with Crippen LogP contribution in [0, 0.1) is 5.92 Å². The van der Waals surface area contributed by atoms with Gasteiger partial charge in [0.2, 0.25) is 5.91 Å². The van der Waals surface area contributed by atoms with Crippen LogP contribution in [0.4, 0.5) is 5.69 Å². The molecule has 134 valence electrons. The highest BCUT2D eigenvalue weighted by Gasteiger charge is 2.28. The van der Waals surface area contributed by atoms with Gasteiger partial charge in [0.15, 0.2) is 0 Å². The van der Waals surface area contributed by atoms with Crippen LogP contribution in [0.2, 0.25) is 0 Å². The number of H-pyrrole nitrogens is 2. The summed E-state index contributed by atoms with van der Waals surface area (Å²) in [5.74, 6) is -0.290. The number of piperidine rings is 1. The van der Waals surface area contributed by atoms with Gasteiger partial charge in [-0.25, -0.2) is 4.79 Å². The summed E-state index contributed by atoms with van der Waals surface area (Å²) in [5.41, 5.74) is 2.22. The van der Waals surface area contributed by atoms with Gasteiger partial charge in [-0.05, 0) is 37.1 Å². The molecule has 0 bridgehead atoms. The molecule has 0 radical (unpaired) electrons. The Kier molecular flexibility index (Phi) is 4.08. The lowest BCUT2D eigenvalue weighted by atomic mass is 9.95. The number of amides is 2. The van der Waals surface area contributed by atoms with Crippen molar-refractivity contribution in [2.45, 2.75) is 12.8 Å². The van der Waals surface area contributed by atoms with E-state index in [1.54, 1.807) is 29.2 Å². The number of imidazole rings is 1. The van der Waals surface area contributed by atoms with Gasteiger partial charge in [-0.3, -0.25) is 9.59 Å². The number of likely N-dealkylation sites (tertiary alicyclic amines) is 1. The Labute approximate surface area is 148 Å². The predicted molar refractivity (Wildman–Crippen MR) is 94.9 cm³/mol. The quantitative estimate of drug-likeness (QED) is 0.667. The van der Waals surface area contributed by atoms with E-state index in [-0.39, 0.29) is 23.4 Å². The second-order valence-corrected chi connectivity index (χ2v) is 6.41. The smallest absolute Gasteiger partial charge is 0.323 e. The zero-order valence-corrected chi connectivity index (χ0v) is 14.0. The van der Waals surface area contributed by atoms with Crippen LogP contribution in [-0.2, 0) is 4.79 Å². The van der Waals surface area contributed by atoms with E-state index in [1.165, 1.54) is 12.5 Å². The predicted octanol–water partition coefficient (Wildman–Crippen LogP) is 1.94. The van der Waals surface area contributed by atoms with Gasteiger partial charge in [0, 0.05) is 24.7 Å². The highest BCUT2D eigenvalue weighted by atomic mass is 16.3. The third kappa shape index (κ3) is 3.13. The largest absolute Gasteiger partial charge is 0.472 e. The number of benzene rings is 1. The lowest BCUT2D eigenvalue weighted by molar-refractivity contribution is -0.121. The molecular formula is C18H18N4O4. The fourth-order valence-electron chi connectivity index (χ4n) is 3.27. The van der Waals surface area contributed by atoms with Crippen molar-refractivity contribution in [3.63, 3.8) is 0 Å². The van der Waals surface area contributed by atoms with E-state index in [0.29, 0.717) is 48.2 Å². The maximum atomic E-state index is 12.5. The Bertz CT molecular complexity index is 994. The molecule has 8 heteroatoms. The van der Waals surface area contributed by atoms with Crippen molar-refractivity contribution in [2.24, 2.45) is 5.92 Å². The number of carbonyl (C=O) groups excluding carboxylic acids is 2. The van der Waals surface area contributed by atoms with E-state index in [1.807, 2.05) is 0 Å². The van der Waals surface area contributed by atoms with E-state index < -0.39 is 0 Å². The molecule has 2 aromatic heterocycles. The molecule has 26 heavy (non-hydrogen) atoms. The Morgan fingerprint density at radius 2 is 1.88 bits per heavy atom. The summed E-state index contributed by atoms with van der Waals surface area (Å²) in [5, 5.41) is 2.89. The van der Waals surface area contributed by atoms with E-state index in [0.717, 1.165) is 0 Å². The number of hydrogen-bond acceptors (Lipinski definition) is 4. The fraction of sp³-hybridized carbons (Fsp3) is 0.278. The maximum absolute atomic E-state index is 12.5. The third-order valence-electron chi connectivity index (χ3n) is 4.70. The summed E-state index contributed by atoms with van der Waals surface area (Å²) in [6.07, 6.45) is 4.13. The Balaban J connectivity index is 1.37. The molecule has 1 aliphatic rings. The van der Waals surface area contributed by atoms with Crippen LogP contribution in [0.25, 0.3) is 11.0 Å². The highest BCUT2D eigenvalue weighted by molar-refractivity contribution is 5.96. The van der Waals surface area contributed by atoms with Gasteiger partial charge < -0.3 is 24.6 Å². The third-order valence-corrected chi connectivity index (χ3v) is 4.70. The maximum Gasteiger partial charge on any atom is 0.323 e. The molecule has 3 N–H and O–H groups in total. The van der Waals surface area contributed by atoms with Crippen LogP contribution in [0.3, 0.4) is 0 Å². The first-order valence-corrected chi connectivity index (χ1v) is 8.44. The summed E-state index contributed by atoms with van der Waals surface area (Å²) >= 11 is 0. The van der Waals surface area contributed by atoms with E-state index in [9.17, 15) is 14.4 Å². The lowest BCUT2D eigenvalue weighted by Gasteiger charge is -2.31. The van der Waals surface area contributed by atoms with Crippen molar-refractivity contribution < 1.29 is 14.0 Å². The molecule has 0 spiro atoms. The molecule has 8 nitrogen and oxygen atoms in total. The van der Waals surface area contributed by atoms with Gasteiger partial charge in [-0.2, -0.15) is 0 Å². The minimum absolute atomic E-state index is 0.0699. The molecule has 1 aliphatic heterocycles. The number of furan rings is 1. The van der Waals surface area contributed by atoms with Gasteiger partial charge in [0.25, 0.3) is 5.91 Å². The number of aromatic amines is 2. The summed E-state index contributed by atoms with van der Waals surface area (Å²) in [6, 6.07) is 6.86. The molecule has 3 aromatic rings. The molecular weight excluding hydrogens is 336 g/mol. The highest BCUT2D eigenvalue weighted by Crippen LogP contribution is 2.22. The summed E-state index contributed by atoms with van der Waals surface area (Å²) in [6.45, 7) is 1.07. The number of carbonyl (C=O) groups is 2. The van der Waals surface area contributed by atoms with Crippen LogP contribution < -0.4 is 11.0 Å². The zero-order chi connectivity index (χ0) is 18.1. The lowest BCUT2D eigenvalue weighted by Crippen LogP contribution is -2.41. The molecule has 2 amide bonds. The molecule has 4 rings (SSSR count). The molecule has 0 atom stereocenters. The van der Waals surface area contributed by atoms with Crippen LogP contribution >= 0.6 is 0 Å². The first kappa shape index (κ1) is 16.2. The Morgan fingerprint density at radius 3 is 2.62 bits per heavy atom. The molecule has 0 saturated carbocycles. The first-order chi connectivity index (χ1) is 12.6. The molecule has 1 fully saturated rings. The Morgan fingerprint density at radius 1 is 1.12 bits per heavy atom. The number of fused-ring (bicyclic) bond motifs is 1. The molecule has 0 aliphatic carbocycles. The molecule has 0 unspecified atom stereocenters. The van der Waals surface area contributed by atoms with Crippen molar-refractivity contribution >= 4 is 28.5 Å². The van der Waals surface area contributed by atoms with Crippen molar-refractivity contribution in [3.05, 3.63) is 52.8 Å². The second kappa shape index (κ2) is 6.55. The van der Waals surface area contributed by atoms with Crippen molar-refractivity contribution in [1.29, 1.82) is 0 Å². The van der Waals surface area contributed by atoms with Crippen LogP contribution in [0.5, 0.6) is 0 Å².